The molecule has 1 atom stereocenters. The van der Waals surface area contributed by atoms with Crippen LogP contribution in [0, 0.1) is 5.92 Å². The Balaban J connectivity index is 1.22. The second kappa shape index (κ2) is 12.7. The number of fused-ring (bicyclic) bond motifs is 5. The highest BCUT2D eigenvalue weighted by atomic mass is 16.3. The monoisotopic (exact) mass is 641 g/mol. The summed E-state index contributed by atoms with van der Waals surface area (Å²) in [5.41, 5.74) is 13.2. The third-order valence-electron chi connectivity index (χ3n) is 10.0. The van der Waals surface area contributed by atoms with E-state index in [2.05, 4.69) is 183 Å². The van der Waals surface area contributed by atoms with Gasteiger partial charge in [0, 0.05) is 33.2 Å². The van der Waals surface area contributed by atoms with E-state index in [4.69, 9.17) is 9.41 Å². The predicted octanol–water partition coefficient (Wildman–Crippen LogP) is 13.0. The Hall–Kier alpha value is -6.25. The summed E-state index contributed by atoms with van der Waals surface area (Å²) in [5.74, 6) is 0.159. The molecular formula is C48H35NO. The first kappa shape index (κ1) is 29.9. The molecule has 2 nitrogen and oxygen atoms in total. The summed E-state index contributed by atoms with van der Waals surface area (Å²) in [5, 5.41) is 4.51. The van der Waals surface area contributed by atoms with Crippen LogP contribution in [-0.2, 0) is 0 Å². The topological polar surface area (TPSA) is 25.5 Å². The molecule has 50 heavy (non-hydrogen) atoms. The van der Waals surface area contributed by atoms with Crippen molar-refractivity contribution in [2.45, 2.75) is 13.3 Å². The number of hydrogen-bond donors (Lipinski definition) is 0. The van der Waals surface area contributed by atoms with Gasteiger partial charge < -0.3 is 4.42 Å². The molecular weight excluding hydrogens is 607 g/mol. The fraction of sp³-hybridized carbons (Fsp3) is 0.0625. The van der Waals surface area contributed by atoms with Gasteiger partial charge in [-0.15, -0.1) is 0 Å². The zero-order chi connectivity index (χ0) is 33.4. The van der Waals surface area contributed by atoms with Crippen molar-refractivity contribution in [3.8, 4) is 22.3 Å². The molecule has 8 aromatic rings. The van der Waals surface area contributed by atoms with Crippen molar-refractivity contribution in [2.24, 2.45) is 10.9 Å². The fourth-order valence-electron chi connectivity index (χ4n) is 7.38. The Morgan fingerprint density at radius 1 is 0.520 bits per heavy atom. The van der Waals surface area contributed by atoms with E-state index in [1.807, 2.05) is 0 Å². The lowest BCUT2D eigenvalue weighted by atomic mass is 9.87. The molecule has 0 aliphatic carbocycles. The van der Waals surface area contributed by atoms with Gasteiger partial charge in [0.15, 0.2) is 0 Å². The van der Waals surface area contributed by atoms with Crippen molar-refractivity contribution in [1.82, 2.24) is 0 Å². The van der Waals surface area contributed by atoms with E-state index in [9.17, 15) is 0 Å². The van der Waals surface area contributed by atoms with Crippen LogP contribution in [0.4, 0.5) is 0 Å². The number of benzene rings is 7. The summed E-state index contributed by atoms with van der Waals surface area (Å²) < 4.78 is 6.60. The second-order valence-electron chi connectivity index (χ2n) is 13.0. The van der Waals surface area contributed by atoms with Crippen LogP contribution in [0.2, 0.25) is 0 Å². The van der Waals surface area contributed by atoms with Crippen molar-refractivity contribution in [3.05, 3.63) is 193 Å². The number of nitrogens with zero attached hydrogens (tertiary/aromatic N) is 1. The summed E-state index contributed by atoms with van der Waals surface area (Å²) in [7, 11) is 0. The third kappa shape index (κ3) is 5.36. The first-order valence-electron chi connectivity index (χ1n) is 17.4. The number of hydrogen-bond acceptors (Lipinski definition) is 2. The van der Waals surface area contributed by atoms with E-state index in [1.165, 1.54) is 38.8 Å². The van der Waals surface area contributed by atoms with Gasteiger partial charge in [0.05, 0.1) is 11.4 Å². The van der Waals surface area contributed by atoms with Gasteiger partial charge >= 0.3 is 0 Å². The summed E-state index contributed by atoms with van der Waals surface area (Å²) in [6.07, 6.45) is 5.63. The highest BCUT2D eigenvalue weighted by molar-refractivity contribution is 6.20. The van der Waals surface area contributed by atoms with E-state index >= 15 is 0 Å². The molecule has 2 heteroatoms. The van der Waals surface area contributed by atoms with Gasteiger partial charge in [-0.2, -0.15) is 0 Å². The maximum absolute atomic E-state index is 6.60. The summed E-state index contributed by atoms with van der Waals surface area (Å²) in [6, 6.07) is 58.1. The van der Waals surface area contributed by atoms with Crippen molar-refractivity contribution in [3.63, 3.8) is 0 Å². The van der Waals surface area contributed by atoms with E-state index in [-0.39, 0.29) is 5.92 Å². The zero-order valence-corrected chi connectivity index (χ0v) is 27.9. The minimum absolute atomic E-state index is 0.159. The van der Waals surface area contributed by atoms with Crippen molar-refractivity contribution in [2.75, 3.05) is 0 Å². The zero-order valence-electron chi connectivity index (χ0n) is 27.9. The predicted molar refractivity (Wildman–Crippen MR) is 211 cm³/mol. The molecule has 0 saturated heterocycles. The molecule has 7 aromatic carbocycles. The minimum Gasteiger partial charge on any atom is -0.455 e. The Bertz CT molecular complexity index is 2590. The Morgan fingerprint density at radius 3 is 1.80 bits per heavy atom. The lowest BCUT2D eigenvalue weighted by Crippen LogP contribution is -2.02. The lowest BCUT2D eigenvalue weighted by Gasteiger charge is -2.16. The van der Waals surface area contributed by atoms with E-state index < -0.39 is 0 Å². The average Bonchev–Trinajstić information content (AvgIpc) is 3.47. The van der Waals surface area contributed by atoms with Gasteiger partial charge in [-0.3, -0.25) is 0 Å². The first-order valence-corrected chi connectivity index (χ1v) is 17.4. The maximum Gasteiger partial charge on any atom is 0.143 e. The Kier molecular flexibility index (Phi) is 7.55. The number of allylic oxidation sites excluding steroid dienone is 3. The second-order valence-corrected chi connectivity index (χ2v) is 13.0. The quantitative estimate of drug-likeness (QED) is 0.177. The molecule has 1 aliphatic heterocycles. The molecule has 9 rings (SSSR count). The van der Waals surface area contributed by atoms with Gasteiger partial charge in [-0.05, 0) is 63.4 Å². The van der Waals surface area contributed by atoms with Gasteiger partial charge in [-0.1, -0.05) is 165 Å². The molecule has 0 spiro atoms. The Labute approximate surface area is 292 Å². The molecule has 0 bridgehead atoms. The van der Waals surface area contributed by atoms with E-state index in [1.54, 1.807) is 0 Å². The van der Waals surface area contributed by atoms with Crippen LogP contribution in [-0.4, -0.2) is 5.71 Å². The minimum atomic E-state index is 0.159. The molecule has 0 fully saturated rings. The number of rotatable bonds is 6. The van der Waals surface area contributed by atoms with Crippen LogP contribution in [0.15, 0.2) is 185 Å². The summed E-state index contributed by atoms with van der Waals surface area (Å²) >= 11 is 0. The highest BCUT2D eigenvalue weighted by Gasteiger charge is 2.22. The summed E-state index contributed by atoms with van der Waals surface area (Å²) in [6.45, 7) is 2.27. The largest absolute Gasteiger partial charge is 0.455 e. The van der Waals surface area contributed by atoms with Crippen molar-refractivity contribution in [1.29, 1.82) is 0 Å². The normalized spacial score (nSPS) is 14.7. The number of aliphatic imine (C=N–C) groups is 1. The van der Waals surface area contributed by atoms with Gasteiger partial charge in [0.2, 0.25) is 0 Å². The molecule has 0 radical (unpaired) electrons. The van der Waals surface area contributed by atoms with Crippen LogP contribution in [0.25, 0.3) is 66.2 Å². The molecule has 1 aliphatic rings. The molecule has 0 saturated carbocycles. The molecule has 0 N–H and O–H groups in total. The van der Waals surface area contributed by atoms with E-state index in [0.717, 1.165) is 56.3 Å². The number of furan rings is 1. The SMILES string of the molecule is CCC1C=C(c2cccc3oc4c5ccccc5ccc4c23)N=C(c2ccc(-c3ccccc3)cc2)C=C1c1ccc(-c2ccccc2)cc1. The third-order valence-corrected chi connectivity index (χ3v) is 10.0. The lowest BCUT2D eigenvalue weighted by molar-refractivity contribution is 0.672. The summed E-state index contributed by atoms with van der Waals surface area (Å²) in [4.78, 5) is 5.52. The van der Waals surface area contributed by atoms with Crippen LogP contribution in [0.5, 0.6) is 0 Å². The van der Waals surface area contributed by atoms with Gasteiger partial charge in [-0.25, -0.2) is 4.99 Å². The molecule has 2 heterocycles. The van der Waals surface area contributed by atoms with Crippen molar-refractivity contribution >= 4 is 49.7 Å². The first-order chi connectivity index (χ1) is 24.7. The molecule has 238 valence electrons. The van der Waals surface area contributed by atoms with E-state index in [0.29, 0.717) is 0 Å². The molecule has 1 unspecified atom stereocenters. The van der Waals surface area contributed by atoms with Crippen LogP contribution >= 0.6 is 0 Å². The molecule has 1 aromatic heterocycles. The molecule has 0 amide bonds. The smallest absolute Gasteiger partial charge is 0.143 e. The Morgan fingerprint density at radius 2 is 1.12 bits per heavy atom. The highest BCUT2D eigenvalue weighted by Crippen LogP contribution is 2.41. The van der Waals surface area contributed by atoms with Crippen LogP contribution in [0.3, 0.4) is 0 Å². The standard InChI is InChI=1S/C48H35NO/c1-2-32-30-45(41-18-11-19-46-47(41)42-29-28-37-16-9-10-17-40(37)48(42)50-46)49-44(39-26-22-36(23-27-39)34-14-7-4-8-15-34)31-43(32)38-24-20-35(21-25-38)33-12-5-3-6-13-33/h3-32H,2H2,1H3. The van der Waals surface area contributed by atoms with Gasteiger partial charge in [0.1, 0.15) is 11.2 Å². The van der Waals surface area contributed by atoms with Crippen molar-refractivity contribution < 1.29 is 4.42 Å². The van der Waals surface area contributed by atoms with Gasteiger partial charge in [0.25, 0.3) is 0 Å². The van der Waals surface area contributed by atoms with Crippen LogP contribution < -0.4 is 0 Å². The fourth-order valence-corrected chi connectivity index (χ4v) is 7.38. The van der Waals surface area contributed by atoms with Crippen LogP contribution in [0.1, 0.15) is 30.0 Å². The average molecular weight is 642 g/mol. The maximum atomic E-state index is 6.60.